The van der Waals surface area contributed by atoms with Crippen molar-refractivity contribution in [1.82, 2.24) is 24.5 Å². The van der Waals surface area contributed by atoms with Gasteiger partial charge in [-0.05, 0) is 40.7 Å². The summed E-state index contributed by atoms with van der Waals surface area (Å²) in [6.45, 7) is 7.00. The monoisotopic (exact) mass is 397 g/mol. The number of likely N-dealkylation sites (tertiary alicyclic amines) is 1. The smallest absolute Gasteiger partial charge is 0.224 e. The summed E-state index contributed by atoms with van der Waals surface area (Å²) in [6.07, 6.45) is 3.09. The number of H-pyrrole nitrogens is 1. The number of sulfonamides is 1. The van der Waals surface area contributed by atoms with E-state index in [2.05, 4.69) is 19.6 Å². The van der Waals surface area contributed by atoms with E-state index in [4.69, 9.17) is 0 Å². The minimum absolute atomic E-state index is 0.138. The van der Waals surface area contributed by atoms with Gasteiger partial charge in [0, 0.05) is 38.0 Å². The van der Waals surface area contributed by atoms with Crippen LogP contribution in [-0.2, 0) is 27.8 Å². The van der Waals surface area contributed by atoms with Crippen molar-refractivity contribution in [3.8, 4) is 0 Å². The summed E-state index contributed by atoms with van der Waals surface area (Å²) in [4.78, 5) is 24.6. The molecule has 2 atom stereocenters. The second-order valence-corrected chi connectivity index (χ2v) is 10.3. The van der Waals surface area contributed by atoms with Crippen LogP contribution >= 0.6 is 0 Å². The van der Waals surface area contributed by atoms with Gasteiger partial charge in [-0.15, -0.1) is 0 Å². The molecule has 8 nitrogen and oxygen atoms in total. The van der Waals surface area contributed by atoms with E-state index in [1.165, 1.54) is 0 Å². The Morgan fingerprint density at radius 2 is 2.04 bits per heavy atom. The molecular formula is C18H31N5O3S. The fourth-order valence-corrected chi connectivity index (χ4v) is 4.70. The molecule has 1 aromatic rings. The van der Waals surface area contributed by atoms with Crippen LogP contribution < -0.4 is 4.72 Å². The Hall–Kier alpha value is -1.45. The van der Waals surface area contributed by atoms with Crippen LogP contribution in [0.2, 0.25) is 0 Å². The van der Waals surface area contributed by atoms with Gasteiger partial charge in [0.05, 0.1) is 23.2 Å². The van der Waals surface area contributed by atoms with Gasteiger partial charge in [-0.3, -0.25) is 9.69 Å². The molecule has 3 heterocycles. The van der Waals surface area contributed by atoms with E-state index in [-0.39, 0.29) is 18.0 Å². The summed E-state index contributed by atoms with van der Waals surface area (Å²) >= 11 is 0. The molecule has 0 bridgehead atoms. The van der Waals surface area contributed by atoms with Crippen molar-refractivity contribution >= 4 is 15.9 Å². The number of carbonyl (C=O) groups is 1. The molecule has 27 heavy (non-hydrogen) atoms. The van der Waals surface area contributed by atoms with Gasteiger partial charge in [0.25, 0.3) is 0 Å². The number of aryl methyl sites for hydroxylation is 1. The molecule has 0 spiro atoms. The molecule has 0 unspecified atom stereocenters. The van der Waals surface area contributed by atoms with Crippen molar-refractivity contribution in [1.29, 1.82) is 0 Å². The van der Waals surface area contributed by atoms with Crippen LogP contribution in [0.1, 0.15) is 50.3 Å². The quantitative estimate of drug-likeness (QED) is 0.739. The molecule has 0 saturated carbocycles. The second kappa shape index (κ2) is 7.89. The van der Waals surface area contributed by atoms with Gasteiger partial charge in [-0.2, -0.15) is 0 Å². The highest BCUT2D eigenvalue weighted by Crippen LogP contribution is 2.26. The lowest BCUT2D eigenvalue weighted by atomic mass is 10.1. The van der Waals surface area contributed by atoms with Crippen LogP contribution in [0.3, 0.4) is 0 Å². The van der Waals surface area contributed by atoms with Gasteiger partial charge in [-0.1, -0.05) is 0 Å². The lowest BCUT2D eigenvalue weighted by Crippen LogP contribution is -2.44. The zero-order chi connectivity index (χ0) is 19.8. The first-order valence-electron chi connectivity index (χ1n) is 9.70. The summed E-state index contributed by atoms with van der Waals surface area (Å²) in [5, 5.41) is -0.434. The molecule has 1 fully saturated rings. The number of carbonyl (C=O) groups excluding carboxylic acids is 1. The highest BCUT2D eigenvalue weighted by Gasteiger charge is 2.34. The molecular weight excluding hydrogens is 366 g/mol. The second-order valence-electron chi connectivity index (χ2n) is 8.01. The van der Waals surface area contributed by atoms with Gasteiger partial charge in [0.15, 0.2) is 0 Å². The Morgan fingerprint density at radius 3 is 2.74 bits per heavy atom. The summed E-state index contributed by atoms with van der Waals surface area (Å²) < 4.78 is 26.6. The Kier molecular flexibility index (Phi) is 5.93. The lowest BCUT2D eigenvalue weighted by Gasteiger charge is -2.30. The average Bonchev–Trinajstić information content (AvgIpc) is 3.14. The Labute approximate surface area is 161 Å². The Bertz CT molecular complexity index is 789. The van der Waals surface area contributed by atoms with Crippen LogP contribution in [0, 0.1) is 6.92 Å². The highest BCUT2D eigenvalue weighted by atomic mass is 32.2. The fraction of sp³-hybridized carbons (Fsp3) is 0.778. The first-order chi connectivity index (χ1) is 12.7. The third kappa shape index (κ3) is 4.52. The minimum atomic E-state index is -3.25. The molecule has 0 aromatic carbocycles. The summed E-state index contributed by atoms with van der Waals surface area (Å²) in [6, 6.07) is 0.301. The first kappa shape index (κ1) is 20.3. The number of nitrogens with one attached hydrogen (secondary N) is 2. The van der Waals surface area contributed by atoms with Crippen molar-refractivity contribution < 1.29 is 13.2 Å². The Balaban J connectivity index is 1.52. The van der Waals surface area contributed by atoms with E-state index in [1.54, 1.807) is 13.8 Å². The largest absolute Gasteiger partial charge is 0.344 e. The van der Waals surface area contributed by atoms with Gasteiger partial charge in [-0.25, -0.2) is 18.1 Å². The molecule has 3 rings (SSSR count). The number of hydrogen-bond acceptors (Lipinski definition) is 5. The molecule has 2 aliphatic rings. The number of aromatic nitrogens is 2. The topological polar surface area (TPSA) is 98.4 Å². The number of hydrogen-bond donors (Lipinski definition) is 2. The number of likely N-dealkylation sites (N-methyl/N-ethyl adjacent to an activating group) is 1. The van der Waals surface area contributed by atoms with Gasteiger partial charge in [0.2, 0.25) is 15.9 Å². The van der Waals surface area contributed by atoms with Crippen molar-refractivity contribution in [3.63, 3.8) is 0 Å². The normalized spacial score (nSPS) is 23.8. The summed E-state index contributed by atoms with van der Waals surface area (Å²) in [7, 11) is -1.26. The molecule has 9 heteroatoms. The number of fused-ring (bicyclic) bond motifs is 1. The zero-order valence-corrected chi connectivity index (χ0v) is 17.5. The van der Waals surface area contributed by atoms with E-state index in [1.807, 2.05) is 18.9 Å². The maximum absolute atomic E-state index is 12.8. The summed E-state index contributed by atoms with van der Waals surface area (Å²) in [5.41, 5.74) is 2.12. The van der Waals surface area contributed by atoms with Gasteiger partial charge in [0.1, 0.15) is 5.82 Å². The Morgan fingerprint density at radius 1 is 1.33 bits per heavy atom. The van der Waals surface area contributed by atoms with Crippen LogP contribution in [0.15, 0.2) is 0 Å². The maximum atomic E-state index is 12.8. The third-order valence-corrected chi connectivity index (χ3v) is 7.65. The van der Waals surface area contributed by atoms with Gasteiger partial charge >= 0.3 is 0 Å². The average molecular weight is 398 g/mol. The number of amides is 1. The molecule has 0 radical (unpaired) electrons. The van der Waals surface area contributed by atoms with E-state index < -0.39 is 15.3 Å². The first-order valence-corrected chi connectivity index (χ1v) is 11.2. The van der Waals surface area contributed by atoms with Gasteiger partial charge < -0.3 is 9.88 Å². The standard InChI is InChI=1S/C18H31N5O3S/c1-12(2)27(25,26)19-10-15-6-5-14(22(15)4)9-18(24)23-8-7-16-17(11-23)21-13(3)20-16/h12,14-15,19H,5-11H2,1-4H3,(H,20,21)/t14-,15+/m1/s1. The number of imidazole rings is 1. The number of aromatic amines is 1. The van der Waals surface area contributed by atoms with Crippen molar-refractivity contribution in [3.05, 3.63) is 17.2 Å². The van der Waals surface area contributed by atoms with Crippen LogP contribution in [0.4, 0.5) is 0 Å². The van der Waals surface area contributed by atoms with Crippen LogP contribution in [0.5, 0.6) is 0 Å². The van der Waals surface area contributed by atoms with Crippen LogP contribution in [0.25, 0.3) is 0 Å². The predicted octanol–water partition coefficient (Wildman–Crippen LogP) is 0.784. The molecule has 2 N–H and O–H groups in total. The van der Waals surface area contributed by atoms with E-state index in [0.29, 0.717) is 26.1 Å². The molecule has 1 saturated heterocycles. The number of nitrogens with zero attached hydrogens (tertiary/aromatic N) is 3. The predicted molar refractivity (Wildman–Crippen MR) is 104 cm³/mol. The zero-order valence-electron chi connectivity index (χ0n) is 16.7. The van der Waals surface area contributed by atoms with Crippen molar-refractivity contribution in [2.75, 3.05) is 20.1 Å². The summed E-state index contributed by atoms with van der Waals surface area (Å²) in [5.74, 6) is 1.06. The van der Waals surface area contributed by atoms with Crippen molar-refractivity contribution in [2.45, 2.75) is 70.3 Å². The fourth-order valence-electron chi connectivity index (χ4n) is 3.94. The minimum Gasteiger partial charge on any atom is -0.344 e. The van der Waals surface area contributed by atoms with E-state index in [9.17, 15) is 13.2 Å². The molecule has 1 aromatic heterocycles. The van der Waals surface area contributed by atoms with Crippen LogP contribution in [-0.4, -0.2) is 71.6 Å². The SMILES string of the molecule is Cc1nc2c([nH]1)CN(C(=O)C[C@H]1CC[C@@H](CNS(=O)(=O)C(C)C)N1C)CC2. The van der Waals surface area contributed by atoms with E-state index in [0.717, 1.165) is 36.5 Å². The molecule has 1 amide bonds. The molecule has 0 aliphatic carbocycles. The van der Waals surface area contributed by atoms with E-state index >= 15 is 0 Å². The lowest BCUT2D eigenvalue weighted by molar-refractivity contribution is -0.133. The highest BCUT2D eigenvalue weighted by molar-refractivity contribution is 7.90. The molecule has 152 valence electrons. The third-order valence-electron chi connectivity index (χ3n) is 5.84. The number of rotatable bonds is 6. The van der Waals surface area contributed by atoms with Crippen molar-refractivity contribution in [2.24, 2.45) is 0 Å². The maximum Gasteiger partial charge on any atom is 0.224 e. The molecule has 2 aliphatic heterocycles.